The summed E-state index contributed by atoms with van der Waals surface area (Å²) < 4.78 is 0. The zero-order valence-corrected chi connectivity index (χ0v) is 25.6. The Labute approximate surface area is 253 Å². The standard InChI is InChI=1S/C36H37N5O2/c1-7-12-37-35(43)34(42)27-18-30-33(32-21(3)13-20(2)14-22(32)4)28-11-10-24(39-28)15-23-8-9-25(38-23)17-31-36(5,6)19-26(40-31)16-29(27)41-30/h8-11,13-18,40,42H,7,12,19H2,1-6H3,(H,37,43)/b23-15?,26-16?,31-17?,33-28?,34-27+. The Morgan fingerprint density at radius 2 is 1.67 bits per heavy atom. The second-order valence-corrected chi connectivity index (χ2v) is 12.3. The monoisotopic (exact) mass is 571 g/mol. The molecule has 0 spiro atoms. The maximum atomic E-state index is 13.0. The van der Waals surface area contributed by atoms with E-state index in [2.05, 4.69) is 63.5 Å². The number of amides is 1. The lowest BCUT2D eigenvalue weighted by atomic mass is 9.87. The van der Waals surface area contributed by atoms with E-state index >= 15 is 0 Å². The molecule has 0 atom stereocenters. The average Bonchev–Trinajstić information content (AvgIpc) is 3.72. The fraction of sp³-hybridized carbons (Fsp3) is 0.278. The molecule has 8 bridgehead atoms. The van der Waals surface area contributed by atoms with Gasteiger partial charge in [-0.2, -0.15) is 0 Å². The number of aliphatic imine (C=N–C) groups is 3. The number of hydrogen-bond acceptors (Lipinski definition) is 6. The van der Waals surface area contributed by atoms with Gasteiger partial charge in [0.05, 0.1) is 39.8 Å². The van der Waals surface area contributed by atoms with Gasteiger partial charge in [-0.1, -0.05) is 38.5 Å². The van der Waals surface area contributed by atoms with Gasteiger partial charge in [-0.15, -0.1) is 0 Å². The molecule has 5 heterocycles. The van der Waals surface area contributed by atoms with Crippen LogP contribution in [0.1, 0.15) is 55.9 Å². The molecule has 5 aliphatic rings. The van der Waals surface area contributed by atoms with Crippen LogP contribution < -0.4 is 10.6 Å². The molecule has 43 heavy (non-hydrogen) atoms. The van der Waals surface area contributed by atoms with Gasteiger partial charge < -0.3 is 15.7 Å². The molecule has 0 radical (unpaired) electrons. The van der Waals surface area contributed by atoms with Crippen LogP contribution in [0.2, 0.25) is 0 Å². The van der Waals surface area contributed by atoms with E-state index < -0.39 is 5.91 Å². The third-order valence-corrected chi connectivity index (χ3v) is 8.14. The van der Waals surface area contributed by atoms with Crippen LogP contribution in [0.3, 0.4) is 0 Å². The lowest BCUT2D eigenvalue weighted by Crippen LogP contribution is -2.27. The van der Waals surface area contributed by atoms with Crippen LogP contribution in [0.5, 0.6) is 0 Å². The number of carbonyl (C=O) groups excluding carboxylic acids is 1. The maximum absolute atomic E-state index is 13.0. The van der Waals surface area contributed by atoms with Crippen molar-refractivity contribution in [2.45, 2.75) is 54.4 Å². The molecule has 0 unspecified atom stereocenters. The molecule has 0 aliphatic carbocycles. The highest BCUT2D eigenvalue weighted by atomic mass is 16.3. The van der Waals surface area contributed by atoms with Gasteiger partial charge in [-0.25, -0.2) is 15.0 Å². The topological polar surface area (TPSA) is 98.4 Å². The predicted octanol–water partition coefficient (Wildman–Crippen LogP) is 6.71. The van der Waals surface area contributed by atoms with E-state index in [0.29, 0.717) is 23.5 Å². The predicted molar refractivity (Wildman–Crippen MR) is 175 cm³/mol. The van der Waals surface area contributed by atoms with E-state index in [1.54, 1.807) is 0 Å². The Hall–Kier alpha value is -4.78. The van der Waals surface area contributed by atoms with Crippen molar-refractivity contribution >= 4 is 28.6 Å². The maximum Gasteiger partial charge on any atom is 0.286 e. The number of aryl methyl sites for hydroxylation is 3. The summed E-state index contributed by atoms with van der Waals surface area (Å²) in [6.45, 7) is 13.1. The van der Waals surface area contributed by atoms with Crippen molar-refractivity contribution < 1.29 is 9.90 Å². The van der Waals surface area contributed by atoms with Crippen LogP contribution in [0.4, 0.5) is 0 Å². The Kier molecular flexibility index (Phi) is 7.12. The van der Waals surface area contributed by atoms with Gasteiger partial charge in [0.25, 0.3) is 5.91 Å². The number of aliphatic hydroxyl groups is 1. The second kappa shape index (κ2) is 10.8. The molecule has 1 saturated heterocycles. The highest BCUT2D eigenvalue weighted by molar-refractivity contribution is 6.19. The van der Waals surface area contributed by atoms with Gasteiger partial charge >= 0.3 is 0 Å². The van der Waals surface area contributed by atoms with Crippen molar-refractivity contribution in [1.82, 2.24) is 10.6 Å². The van der Waals surface area contributed by atoms with Gasteiger partial charge in [-0.05, 0) is 98.9 Å². The summed E-state index contributed by atoms with van der Waals surface area (Å²) in [4.78, 5) is 28.0. The highest BCUT2D eigenvalue weighted by Gasteiger charge is 2.34. The highest BCUT2D eigenvalue weighted by Crippen LogP contribution is 2.41. The molecule has 218 valence electrons. The van der Waals surface area contributed by atoms with Crippen LogP contribution in [-0.2, 0) is 4.79 Å². The van der Waals surface area contributed by atoms with Crippen molar-refractivity contribution in [3.05, 3.63) is 123 Å². The summed E-state index contributed by atoms with van der Waals surface area (Å²) in [5.74, 6) is -0.864. The van der Waals surface area contributed by atoms with E-state index in [1.807, 2.05) is 49.5 Å². The summed E-state index contributed by atoms with van der Waals surface area (Å²) >= 11 is 0. The number of fused-ring (bicyclic) bond motifs is 5. The normalized spacial score (nSPS) is 21.0. The quantitative estimate of drug-likeness (QED) is 0.277. The molecule has 1 fully saturated rings. The van der Waals surface area contributed by atoms with Crippen LogP contribution in [-0.4, -0.2) is 34.7 Å². The van der Waals surface area contributed by atoms with Crippen LogP contribution in [0.15, 0.2) is 116 Å². The minimum atomic E-state index is -0.517. The Morgan fingerprint density at radius 3 is 2.42 bits per heavy atom. The molecule has 3 N–H and O–H groups in total. The molecular weight excluding hydrogens is 534 g/mol. The number of hydrogen-bond donors (Lipinski definition) is 3. The minimum Gasteiger partial charge on any atom is -0.503 e. The van der Waals surface area contributed by atoms with Crippen molar-refractivity contribution in [1.29, 1.82) is 0 Å². The third-order valence-electron chi connectivity index (χ3n) is 8.14. The van der Waals surface area contributed by atoms with Crippen molar-refractivity contribution in [3.8, 4) is 0 Å². The van der Waals surface area contributed by atoms with Gasteiger partial charge in [0.2, 0.25) is 0 Å². The smallest absolute Gasteiger partial charge is 0.286 e. The molecule has 0 saturated carbocycles. The number of nitrogens with zero attached hydrogens (tertiary/aromatic N) is 3. The fourth-order valence-corrected chi connectivity index (χ4v) is 6.16. The molecule has 0 aromatic heterocycles. The minimum absolute atomic E-state index is 0.169. The number of nitrogens with one attached hydrogen (secondary N) is 2. The summed E-state index contributed by atoms with van der Waals surface area (Å²) in [5, 5.41) is 17.6. The first-order valence-corrected chi connectivity index (χ1v) is 14.8. The average molecular weight is 572 g/mol. The SMILES string of the molecule is CCCNC(=O)/C(O)=C1/C=C2N=C1C=C1CC(C)(C)C(=CC3=NC(=CC4=NC(=C2c2c(C)cc(C)cc2C)C=C4)C=C3)N1. The molecule has 5 aliphatic heterocycles. The number of carbonyl (C=O) groups is 1. The van der Waals surface area contributed by atoms with Crippen LogP contribution in [0, 0.1) is 26.2 Å². The molecule has 1 aromatic rings. The van der Waals surface area contributed by atoms with E-state index in [0.717, 1.165) is 69.3 Å². The van der Waals surface area contributed by atoms with Gasteiger partial charge in [-0.3, -0.25) is 4.79 Å². The lowest BCUT2D eigenvalue weighted by Gasteiger charge is -2.17. The molecule has 7 nitrogen and oxygen atoms in total. The summed E-state index contributed by atoms with van der Waals surface area (Å²) in [5.41, 5.74) is 11.9. The van der Waals surface area contributed by atoms with Crippen molar-refractivity contribution in [3.63, 3.8) is 0 Å². The number of benzene rings is 1. The first-order chi connectivity index (χ1) is 20.5. The molecule has 7 heteroatoms. The molecule has 1 aromatic carbocycles. The van der Waals surface area contributed by atoms with Gasteiger partial charge in [0.15, 0.2) is 5.76 Å². The van der Waals surface area contributed by atoms with E-state index in [4.69, 9.17) is 15.0 Å². The number of aliphatic hydroxyl groups excluding tert-OH is 1. The van der Waals surface area contributed by atoms with Gasteiger partial charge in [0, 0.05) is 28.9 Å². The first kappa shape index (κ1) is 28.3. The summed E-state index contributed by atoms with van der Waals surface area (Å²) in [6.07, 6.45) is 17.3. The summed E-state index contributed by atoms with van der Waals surface area (Å²) in [6, 6.07) is 4.32. The fourth-order valence-electron chi connectivity index (χ4n) is 6.16. The second-order valence-electron chi connectivity index (χ2n) is 12.3. The molecular formula is C36H37N5O2. The first-order valence-electron chi connectivity index (χ1n) is 14.8. The van der Waals surface area contributed by atoms with E-state index in [9.17, 15) is 9.90 Å². The number of rotatable bonds is 4. The summed E-state index contributed by atoms with van der Waals surface area (Å²) in [7, 11) is 0. The Morgan fingerprint density at radius 1 is 0.953 bits per heavy atom. The number of allylic oxidation sites excluding steroid dienone is 12. The van der Waals surface area contributed by atoms with Crippen molar-refractivity contribution in [2.75, 3.05) is 6.54 Å². The Balaban J connectivity index is 1.63. The molecule has 1 amide bonds. The van der Waals surface area contributed by atoms with Gasteiger partial charge in [0.1, 0.15) is 0 Å². The zero-order valence-electron chi connectivity index (χ0n) is 25.6. The largest absolute Gasteiger partial charge is 0.503 e. The van der Waals surface area contributed by atoms with Crippen LogP contribution in [0.25, 0.3) is 5.57 Å². The lowest BCUT2D eigenvalue weighted by molar-refractivity contribution is -0.119. The van der Waals surface area contributed by atoms with Crippen molar-refractivity contribution in [2.24, 2.45) is 20.4 Å². The zero-order chi connectivity index (χ0) is 30.5. The molecule has 6 rings (SSSR count). The third kappa shape index (κ3) is 5.43. The van der Waals surface area contributed by atoms with E-state index in [-0.39, 0.29) is 11.2 Å². The van der Waals surface area contributed by atoms with Crippen LogP contribution >= 0.6 is 0 Å². The van der Waals surface area contributed by atoms with E-state index in [1.165, 1.54) is 5.56 Å². The Bertz CT molecular complexity index is 1790.